The van der Waals surface area contributed by atoms with Crippen molar-refractivity contribution in [3.63, 3.8) is 0 Å². The fraction of sp³-hybridized carbons (Fsp3) is 1.00. The minimum atomic E-state index is -0.767. The van der Waals surface area contributed by atoms with E-state index in [0.717, 1.165) is 12.8 Å². The van der Waals surface area contributed by atoms with Gasteiger partial charge in [0.1, 0.15) is 0 Å². The summed E-state index contributed by atoms with van der Waals surface area (Å²) in [4.78, 5) is 0. The molecule has 0 aromatic rings. The summed E-state index contributed by atoms with van der Waals surface area (Å²) in [5, 5.41) is 31.7. The highest BCUT2D eigenvalue weighted by Gasteiger charge is 2.58. The number of hydrogen-bond acceptors (Lipinski definition) is 3. The quantitative estimate of drug-likeness (QED) is 0.673. The average Bonchev–Trinajstić information content (AvgIpc) is 2.27. The Labute approximate surface area is 110 Å². The standard InChI is InChI=1S/C15H28O3/c1-10(2)15(18)8-7-13(3)11(9-15)14(4,17)6-5-12(13)16/h10-12,16-18H,5-9H2,1-4H3/t11-,12-,13-,14-,15+/m1/s1. The molecule has 5 atom stereocenters. The second-order valence-electron chi connectivity index (χ2n) is 7.43. The van der Waals surface area contributed by atoms with Crippen molar-refractivity contribution in [1.82, 2.24) is 0 Å². The average molecular weight is 256 g/mol. The Balaban J connectivity index is 2.32. The van der Waals surface area contributed by atoms with Gasteiger partial charge in [-0.25, -0.2) is 0 Å². The number of hydrogen-bond donors (Lipinski definition) is 3. The Morgan fingerprint density at radius 3 is 2.22 bits per heavy atom. The molecule has 0 aromatic heterocycles. The molecular weight excluding hydrogens is 228 g/mol. The van der Waals surface area contributed by atoms with Gasteiger partial charge in [0.25, 0.3) is 0 Å². The molecule has 2 fully saturated rings. The molecule has 2 aliphatic carbocycles. The van der Waals surface area contributed by atoms with Crippen LogP contribution in [0.4, 0.5) is 0 Å². The van der Waals surface area contributed by atoms with E-state index in [-0.39, 0.29) is 23.4 Å². The van der Waals surface area contributed by atoms with Crippen LogP contribution in [0.3, 0.4) is 0 Å². The first-order valence-corrected chi connectivity index (χ1v) is 7.25. The molecule has 0 bridgehead atoms. The number of aliphatic hydroxyl groups excluding tert-OH is 1. The predicted octanol–water partition coefficient (Wildman–Crippen LogP) is 2.09. The molecule has 0 heterocycles. The fourth-order valence-electron chi connectivity index (χ4n) is 4.14. The van der Waals surface area contributed by atoms with E-state index in [1.807, 2.05) is 20.8 Å². The second kappa shape index (κ2) is 4.19. The van der Waals surface area contributed by atoms with Crippen LogP contribution >= 0.6 is 0 Å². The smallest absolute Gasteiger partial charge is 0.0674 e. The minimum absolute atomic E-state index is 0.0186. The first-order valence-electron chi connectivity index (χ1n) is 7.25. The van der Waals surface area contributed by atoms with Crippen molar-refractivity contribution < 1.29 is 15.3 Å². The molecule has 0 spiro atoms. The van der Waals surface area contributed by atoms with Gasteiger partial charge in [-0.15, -0.1) is 0 Å². The molecule has 0 aliphatic heterocycles. The lowest BCUT2D eigenvalue weighted by Crippen LogP contribution is -2.61. The normalized spacial score (nSPS) is 53.3. The summed E-state index contributed by atoms with van der Waals surface area (Å²) < 4.78 is 0. The third kappa shape index (κ3) is 2.00. The van der Waals surface area contributed by atoms with Gasteiger partial charge in [-0.05, 0) is 56.3 Å². The Bertz CT molecular complexity index is 326. The maximum atomic E-state index is 10.7. The molecule has 0 amide bonds. The van der Waals surface area contributed by atoms with Crippen molar-refractivity contribution in [2.45, 2.75) is 77.1 Å². The maximum Gasteiger partial charge on any atom is 0.0674 e. The molecular formula is C15H28O3. The molecule has 3 nitrogen and oxygen atoms in total. The van der Waals surface area contributed by atoms with Crippen molar-refractivity contribution in [3.8, 4) is 0 Å². The largest absolute Gasteiger partial charge is 0.393 e. The zero-order valence-electron chi connectivity index (χ0n) is 12.1. The van der Waals surface area contributed by atoms with Gasteiger partial charge in [-0.2, -0.15) is 0 Å². The highest BCUT2D eigenvalue weighted by atomic mass is 16.3. The lowest BCUT2D eigenvalue weighted by molar-refractivity contribution is -0.208. The summed E-state index contributed by atoms with van der Waals surface area (Å²) in [5.74, 6) is 0.173. The SMILES string of the molecule is CC(C)[C@]1(O)CC[C@@]2(C)[C@H](O)CC[C@@](C)(O)[C@@H]2C1. The van der Waals surface area contributed by atoms with Crippen LogP contribution in [0.25, 0.3) is 0 Å². The van der Waals surface area contributed by atoms with Gasteiger partial charge in [0, 0.05) is 0 Å². The van der Waals surface area contributed by atoms with Crippen LogP contribution < -0.4 is 0 Å². The van der Waals surface area contributed by atoms with Crippen LogP contribution in [0.2, 0.25) is 0 Å². The monoisotopic (exact) mass is 256 g/mol. The van der Waals surface area contributed by atoms with Crippen LogP contribution in [-0.2, 0) is 0 Å². The van der Waals surface area contributed by atoms with Gasteiger partial charge in [0.2, 0.25) is 0 Å². The highest BCUT2D eigenvalue weighted by molar-refractivity contribution is 5.08. The van der Waals surface area contributed by atoms with E-state index >= 15 is 0 Å². The molecule has 18 heavy (non-hydrogen) atoms. The highest BCUT2D eigenvalue weighted by Crippen LogP contribution is 2.57. The number of aliphatic hydroxyl groups is 3. The fourth-order valence-corrected chi connectivity index (χ4v) is 4.14. The molecule has 0 saturated heterocycles. The Hall–Kier alpha value is -0.120. The zero-order valence-corrected chi connectivity index (χ0v) is 12.1. The van der Waals surface area contributed by atoms with Crippen molar-refractivity contribution in [3.05, 3.63) is 0 Å². The van der Waals surface area contributed by atoms with Crippen LogP contribution in [0.15, 0.2) is 0 Å². The molecule has 3 N–H and O–H groups in total. The predicted molar refractivity (Wildman–Crippen MR) is 71.1 cm³/mol. The van der Waals surface area contributed by atoms with Crippen LogP contribution in [0.1, 0.15) is 59.8 Å². The lowest BCUT2D eigenvalue weighted by atomic mass is 9.50. The topological polar surface area (TPSA) is 60.7 Å². The van der Waals surface area contributed by atoms with E-state index < -0.39 is 11.2 Å². The van der Waals surface area contributed by atoms with Gasteiger partial charge in [0.15, 0.2) is 0 Å². The molecule has 2 saturated carbocycles. The third-order valence-corrected chi connectivity index (χ3v) is 5.96. The molecule has 0 unspecified atom stereocenters. The van der Waals surface area contributed by atoms with Gasteiger partial charge in [-0.1, -0.05) is 20.8 Å². The zero-order chi connectivity index (χ0) is 13.8. The van der Waals surface area contributed by atoms with E-state index in [4.69, 9.17) is 0 Å². The van der Waals surface area contributed by atoms with Gasteiger partial charge < -0.3 is 15.3 Å². The minimum Gasteiger partial charge on any atom is -0.393 e. The Morgan fingerprint density at radius 1 is 1.06 bits per heavy atom. The van der Waals surface area contributed by atoms with Crippen molar-refractivity contribution in [1.29, 1.82) is 0 Å². The van der Waals surface area contributed by atoms with Crippen molar-refractivity contribution in [2.75, 3.05) is 0 Å². The first kappa shape index (κ1) is 14.3. The first-order chi connectivity index (χ1) is 8.12. The van der Waals surface area contributed by atoms with Gasteiger partial charge in [0.05, 0.1) is 17.3 Å². The van der Waals surface area contributed by atoms with E-state index in [9.17, 15) is 15.3 Å². The van der Waals surface area contributed by atoms with Crippen LogP contribution in [0, 0.1) is 17.3 Å². The molecule has 0 radical (unpaired) electrons. The van der Waals surface area contributed by atoms with E-state index in [1.54, 1.807) is 0 Å². The van der Waals surface area contributed by atoms with Crippen molar-refractivity contribution in [2.24, 2.45) is 17.3 Å². The van der Waals surface area contributed by atoms with E-state index in [1.165, 1.54) is 0 Å². The number of fused-ring (bicyclic) bond motifs is 1. The Kier molecular flexibility index (Phi) is 3.33. The van der Waals surface area contributed by atoms with E-state index in [2.05, 4.69) is 6.92 Å². The molecule has 0 aromatic carbocycles. The lowest BCUT2D eigenvalue weighted by Gasteiger charge is -2.58. The van der Waals surface area contributed by atoms with Gasteiger partial charge >= 0.3 is 0 Å². The van der Waals surface area contributed by atoms with E-state index in [0.29, 0.717) is 19.3 Å². The maximum absolute atomic E-state index is 10.7. The third-order valence-electron chi connectivity index (χ3n) is 5.96. The molecule has 106 valence electrons. The van der Waals surface area contributed by atoms with Crippen LogP contribution in [-0.4, -0.2) is 32.6 Å². The molecule has 2 rings (SSSR count). The summed E-state index contributed by atoms with van der Waals surface area (Å²) in [6, 6.07) is 0. The summed E-state index contributed by atoms with van der Waals surface area (Å²) >= 11 is 0. The summed E-state index contributed by atoms with van der Waals surface area (Å²) in [6.45, 7) is 8.02. The van der Waals surface area contributed by atoms with Gasteiger partial charge in [-0.3, -0.25) is 0 Å². The summed E-state index contributed by atoms with van der Waals surface area (Å²) in [7, 11) is 0. The molecule has 2 aliphatic rings. The van der Waals surface area contributed by atoms with Crippen LogP contribution in [0.5, 0.6) is 0 Å². The Morgan fingerprint density at radius 2 is 1.67 bits per heavy atom. The summed E-state index contributed by atoms with van der Waals surface area (Å²) in [6.07, 6.45) is 3.07. The number of rotatable bonds is 1. The second-order valence-corrected chi connectivity index (χ2v) is 7.43. The van der Waals surface area contributed by atoms with Crippen molar-refractivity contribution >= 4 is 0 Å². The summed E-state index contributed by atoms with van der Waals surface area (Å²) in [5.41, 5.74) is -1.70. The molecule has 3 heteroatoms.